The number of benzene rings is 2. The van der Waals surface area contributed by atoms with Crippen LogP contribution in [0.4, 0.5) is 11.5 Å². The van der Waals surface area contributed by atoms with Crippen LogP contribution in [0.1, 0.15) is 0 Å². The van der Waals surface area contributed by atoms with Crippen molar-refractivity contribution in [3.05, 3.63) is 60.9 Å². The third-order valence-corrected chi connectivity index (χ3v) is 4.88. The molecule has 1 aliphatic heterocycles. The number of aromatic nitrogens is 5. The zero-order valence-corrected chi connectivity index (χ0v) is 14.9. The average Bonchev–Trinajstić information content (AvgIpc) is 3.16. The van der Waals surface area contributed by atoms with Gasteiger partial charge in [0.2, 0.25) is 5.91 Å². The minimum absolute atomic E-state index is 0.00330. The first-order valence-electron chi connectivity index (χ1n) is 9.00. The highest BCUT2D eigenvalue weighted by molar-refractivity contribution is 5.95. The van der Waals surface area contributed by atoms with E-state index in [1.807, 2.05) is 54.6 Å². The average molecular weight is 371 g/mol. The maximum Gasteiger partial charge on any atom is 0.231 e. The summed E-state index contributed by atoms with van der Waals surface area (Å²) in [4.78, 5) is 23.3. The number of hydrogen-bond donors (Lipinski definition) is 2. The van der Waals surface area contributed by atoms with Crippen molar-refractivity contribution in [3.63, 3.8) is 0 Å². The summed E-state index contributed by atoms with van der Waals surface area (Å²) in [6, 6.07) is 17.4. The molecular weight excluding hydrogens is 354 g/mol. The molecule has 0 radical (unpaired) electrons. The Hall–Kier alpha value is -3.81. The standard InChI is InChI=1S/C20H17N7O/c28-20(23-15-6-7-16-18(8-15)25-26-24-16)14-10-27(11-14)19-9-17(21-12-22-19)13-4-2-1-3-5-13/h1-9,12,14H,10-11H2,(H,23,28)(H,24,25,26). The predicted molar refractivity (Wildman–Crippen MR) is 106 cm³/mol. The van der Waals surface area contributed by atoms with Crippen LogP contribution in [0.15, 0.2) is 60.9 Å². The lowest BCUT2D eigenvalue weighted by Gasteiger charge is -2.39. The molecule has 0 spiro atoms. The number of hydrogen-bond acceptors (Lipinski definition) is 6. The molecule has 3 heterocycles. The lowest BCUT2D eigenvalue weighted by molar-refractivity contribution is -0.120. The maximum absolute atomic E-state index is 12.5. The van der Waals surface area contributed by atoms with E-state index >= 15 is 0 Å². The maximum atomic E-state index is 12.5. The first-order chi connectivity index (χ1) is 13.8. The number of nitrogens with zero attached hydrogens (tertiary/aromatic N) is 5. The number of H-pyrrole nitrogens is 1. The van der Waals surface area contributed by atoms with Gasteiger partial charge in [0.1, 0.15) is 23.2 Å². The van der Waals surface area contributed by atoms with Gasteiger partial charge in [-0.3, -0.25) is 4.79 Å². The molecule has 2 aromatic heterocycles. The van der Waals surface area contributed by atoms with Crippen molar-refractivity contribution in [2.45, 2.75) is 0 Å². The highest BCUT2D eigenvalue weighted by Crippen LogP contribution is 2.27. The van der Waals surface area contributed by atoms with Gasteiger partial charge in [-0.15, -0.1) is 0 Å². The molecule has 5 rings (SSSR count). The number of anilines is 2. The first kappa shape index (κ1) is 16.4. The summed E-state index contributed by atoms with van der Waals surface area (Å²) in [5, 5.41) is 13.6. The van der Waals surface area contributed by atoms with Crippen LogP contribution in [0.25, 0.3) is 22.3 Å². The van der Waals surface area contributed by atoms with Crippen molar-refractivity contribution in [1.29, 1.82) is 0 Å². The Morgan fingerprint density at radius 3 is 2.68 bits per heavy atom. The van der Waals surface area contributed by atoms with Crippen LogP contribution in [0.3, 0.4) is 0 Å². The number of amides is 1. The Balaban J connectivity index is 1.24. The van der Waals surface area contributed by atoms with Gasteiger partial charge in [0.25, 0.3) is 0 Å². The molecule has 0 bridgehead atoms. The zero-order valence-electron chi connectivity index (χ0n) is 14.9. The molecule has 138 valence electrons. The molecule has 0 atom stereocenters. The van der Waals surface area contributed by atoms with Crippen molar-refractivity contribution in [2.24, 2.45) is 5.92 Å². The molecule has 4 aromatic rings. The molecule has 0 saturated carbocycles. The molecule has 28 heavy (non-hydrogen) atoms. The van der Waals surface area contributed by atoms with Crippen LogP contribution >= 0.6 is 0 Å². The Bertz CT molecular complexity index is 1140. The summed E-state index contributed by atoms with van der Waals surface area (Å²) in [5.74, 6) is 0.751. The van der Waals surface area contributed by atoms with Gasteiger partial charge in [-0.1, -0.05) is 30.3 Å². The predicted octanol–water partition coefficient (Wildman–Crippen LogP) is 2.49. The number of carbonyl (C=O) groups is 1. The van der Waals surface area contributed by atoms with E-state index in [1.165, 1.54) is 0 Å². The second-order valence-electron chi connectivity index (χ2n) is 6.75. The van der Waals surface area contributed by atoms with Gasteiger partial charge in [-0.25, -0.2) is 9.97 Å². The monoisotopic (exact) mass is 371 g/mol. The Morgan fingerprint density at radius 1 is 1.00 bits per heavy atom. The molecule has 8 nitrogen and oxygen atoms in total. The van der Waals surface area contributed by atoms with Crippen LogP contribution in [0.5, 0.6) is 0 Å². The normalized spacial score (nSPS) is 14.1. The third kappa shape index (κ3) is 3.05. The molecule has 2 N–H and O–H groups in total. The molecule has 1 amide bonds. The van der Waals surface area contributed by atoms with Crippen LogP contribution in [-0.2, 0) is 4.79 Å². The Morgan fingerprint density at radius 2 is 1.82 bits per heavy atom. The fraction of sp³-hybridized carbons (Fsp3) is 0.150. The molecule has 0 unspecified atom stereocenters. The van der Waals surface area contributed by atoms with Crippen LogP contribution in [0.2, 0.25) is 0 Å². The van der Waals surface area contributed by atoms with Crippen molar-refractivity contribution in [1.82, 2.24) is 25.4 Å². The van der Waals surface area contributed by atoms with E-state index in [0.29, 0.717) is 13.1 Å². The van der Waals surface area contributed by atoms with Gasteiger partial charge in [0.15, 0.2) is 0 Å². The van der Waals surface area contributed by atoms with E-state index < -0.39 is 0 Å². The van der Waals surface area contributed by atoms with E-state index in [0.717, 1.165) is 33.8 Å². The summed E-state index contributed by atoms with van der Waals surface area (Å²) in [5.41, 5.74) is 4.13. The van der Waals surface area contributed by atoms with Gasteiger partial charge < -0.3 is 10.2 Å². The van der Waals surface area contributed by atoms with E-state index in [9.17, 15) is 4.79 Å². The number of rotatable bonds is 4. The fourth-order valence-corrected chi connectivity index (χ4v) is 3.28. The summed E-state index contributed by atoms with van der Waals surface area (Å²) < 4.78 is 0. The molecular formula is C20H17N7O. The highest BCUT2D eigenvalue weighted by atomic mass is 16.2. The second-order valence-corrected chi connectivity index (χ2v) is 6.75. The van der Waals surface area contributed by atoms with E-state index in [1.54, 1.807) is 6.33 Å². The molecule has 2 aromatic carbocycles. The summed E-state index contributed by atoms with van der Waals surface area (Å²) in [6.45, 7) is 1.26. The van der Waals surface area contributed by atoms with Crippen molar-refractivity contribution >= 4 is 28.4 Å². The third-order valence-electron chi connectivity index (χ3n) is 4.88. The number of fused-ring (bicyclic) bond motifs is 1. The van der Waals surface area contributed by atoms with Gasteiger partial charge in [-0.05, 0) is 18.2 Å². The number of carbonyl (C=O) groups excluding carboxylic acids is 1. The topological polar surface area (TPSA) is 99.7 Å². The van der Waals surface area contributed by atoms with Crippen LogP contribution in [0, 0.1) is 5.92 Å². The SMILES string of the molecule is O=C(Nc1ccc2n[nH]nc2c1)C1CN(c2cc(-c3ccccc3)ncn2)C1. The van der Waals surface area contributed by atoms with Crippen LogP contribution in [-0.4, -0.2) is 44.4 Å². The quantitative estimate of drug-likeness (QED) is 0.572. The molecule has 1 saturated heterocycles. The zero-order chi connectivity index (χ0) is 18.9. The summed E-state index contributed by atoms with van der Waals surface area (Å²) >= 11 is 0. The van der Waals surface area contributed by atoms with Gasteiger partial charge in [-0.2, -0.15) is 15.4 Å². The first-order valence-corrected chi connectivity index (χ1v) is 9.00. The highest BCUT2D eigenvalue weighted by Gasteiger charge is 2.33. The van der Waals surface area contributed by atoms with E-state index in [-0.39, 0.29) is 11.8 Å². The summed E-state index contributed by atoms with van der Waals surface area (Å²) in [7, 11) is 0. The minimum atomic E-state index is -0.0804. The second kappa shape index (κ2) is 6.73. The molecule has 0 aliphatic carbocycles. The van der Waals surface area contributed by atoms with E-state index in [2.05, 4.69) is 35.6 Å². The van der Waals surface area contributed by atoms with Gasteiger partial charge in [0.05, 0.1) is 11.6 Å². The Kier molecular flexibility index (Phi) is 3.93. The smallest absolute Gasteiger partial charge is 0.231 e. The van der Waals surface area contributed by atoms with Gasteiger partial charge >= 0.3 is 0 Å². The van der Waals surface area contributed by atoms with Gasteiger partial charge in [0, 0.05) is 30.4 Å². The van der Waals surface area contributed by atoms with Crippen molar-refractivity contribution in [2.75, 3.05) is 23.3 Å². The fourth-order valence-electron chi connectivity index (χ4n) is 3.28. The Labute approximate surface area is 160 Å². The van der Waals surface area contributed by atoms with Crippen molar-refractivity contribution in [3.8, 4) is 11.3 Å². The largest absolute Gasteiger partial charge is 0.355 e. The van der Waals surface area contributed by atoms with Crippen LogP contribution < -0.4 is 10.2 Å². The van der Waals surface area contributed by atoms with Crippen molar-refractivity contribution < 1.29 is 4.79 Å². The number of nitrogens with one attached hydrogen (secondary N) is 2. The van der Waals surface area contributed by atoms with E-state index in [4.69, 9.17) is 0 Å². The minimum Gasteiger partial charge on any atom is -0.355 e. The lowest BCUT2D eigenvalue weighted by atomic mass is 9.99. The lowest BCUT2D eigenvalue weighted by Crippen LogP contribution is -2.52. The summed E-state index contributed by atoms with van der Waals surface area (Å²) in [6.07, 6.45) is 1.57. The molecule has 1 fully saturated rings. The number of aromatic amines is 1. The molecule has 1 aliphatic rings. The molecule has 8 heteroatoms.